The van der Waals surface area contributed by atoms with Gasteiger partial charge in [-0.25, -0.2) is 0 Å². The first kappa shape index (κ1) is 12.2. The molecular weight excluding hydrogens is 222 g/mol. The van der Waals surface area contributed by atoms with Crippen LogP contribution in [0.15, 0.2) is 18.2 Å². The van der Waals surface area contributed by atoms with Gasteiger partial charge in [0.2, 0.25) is 0 Å². The molecule has 0 saturated carbocycles. The third kappa shape index (κ3) is 2.18. The van der Waals surface area contributed by atoms with E-state index in [1.165, 1.54) is 44.8 Å². The molecule has 1 saturated heterocycles. The second-order valence-corrected chi connectivity index (χ2v) is 6.04. The number of likely N-dealkylation sites (N-methyl/N-ethyl adjacent to an activating group) is 1. The third-order valence-electron chi connectivity index (χ3n) is 4.77. The maximum Gasteiger partial charge on any atom is 0.164 e. The largest absolute Gasteiger partial charge is 0.337 e. The molecule has 3 heteroatoms. The summed E-state index contributed by atoms with van der Waals surface area (Å²) in [6.45, 7) is 10.0. The van der Waals surface area contributed by atoms with Gasteiger partial charge in [0.1, 0.15) is 39.3 Å². The first-order valence-electron chi connectivity index (χ1n) is 7.31. The number of benzene rings is 1. The van der Waals surface area contributed by atoms with Crippen LogP contribution in [0.1, 0.15) is 22.7 Å². The van der Waals surface area contributed by atoms with Crippen molar-refractivity contribution in [2.24, 2.45) is 0 Å². The van der Waals surface area contributed by atoms with Crippen LogP contribution in [0.4, 0.5) is 0 Å². The van der Waals surface area contributed by atoms with Crippen molar-refractivity contribution in [1.82, 2.24) is 0 Å². The van der Waals surface area contributed by atoms with Crippen molar-refractivity contribution in [2.75, 3.05) is 39.8 Å². The Hall–Kier alpha value is -0.900. The minimum atomic E-state index is 0.725. The van der Waals surface area contributed by atoms with Gasteiger partial charge in [-0.1, -0.05) is 18.2 Å². The SMILES string of the molecule is Cc1cccc2c1[C@H]([NH+]1CC[NH+](C)CC1)C[NH2+]C2. The fourth-order valence-electron chi connectivity index (χ4n) is 3.66. The van der Waals surface area contributed by atoms with E-state index in [0.717, 1.165) is 6.04 Å². The van der Waals surface area contributed by atoms with Crippen LogP contribution in [0.3, 0.4) is 0 Å². The Morgan fingerprint density at radius 2 is 1.94 bits per heavy atom. The van der Waals surface area contributed by atoms with Crippen LogP contribution in [0, 0.1) is 6.92 Å². The minimum Gasteiger partial charge on any atom is -0.337 e. The molecule has 3 nitrogen and oxygen atoms in total. The van der Waals surface area contributed by atoms with Crippen molar-refractivity contribution in [3.8, 4) is 0 Å². The molecule has 18 heavy (non-hydrogen) atoms. The van der Waals surface area contributed by atoms with E-state index in [4.69, 9.17) is 0 Å². The zero-order valence-corrected chi connectivity index (χ0v) is 11.6. The van der Waals surface area contributed by atoms with E-state index < -0.39 is 0 Å². The number of hydrogen-bond acceptors (Lipinski definition) is 0. The molecule has 2 aliphatic rings. The molecule has 0 aliphatic carbocycles. The van der Waals surface area contributed by atoms with Crippen LogP contribution in [-0.2, 0) is 6.54 Å². The second kappa shape index (κ2) is 5.00. The molecule has 0 unspecified atom stereocenters. The van der Waals surface area contributed by atoms with Gasteiger partial charge in [0.25, 0.3) is 0 Å². The van der Waals surface area contributed by atoms with Crippen LogP contribution >= 0.6 is 0 Å². The van der Waals surface area contributed by atoms with E-state index in [-0.39, 0.29) is 0 Å². The number of fused-ring (bicyclic) bond motifs is 1. The smallest absolute Gasteiger partial charge is 0.164 e. The predicted molar refractivity (Wildman–Crippen MR) is 71.7 cm³/mol. The molecular formula is C15H26N3+3. The van der Waals surface area contributed by atoms with Gasteiger partial charge in [0, 0.05) is 11.1 Å². The average Bonchev–Trinajstić information content (AvgIpc) is 2.39. The highest BCUT2D eigenvalue weighted by molar-refractivity contribution is 5.36. The molecule has 0 spiro atoms. The topological polar surface area (TPSA) is 25.5 Å². The van der Waals surface area contributed by atoms with Gasteiger partial charge >= 0.3 is 0 Å². The lowest BCUT2D eigenvalue weighted by Crippen LogP contribution is -3.28. The lowest BCUT2D eigenvalue weighted by molar-refractivity contribution is -1.03. The first-order valence-corrected chi connectivity index (χ1v) is 7.31. The summed E-state index contributed by atoms with van der Waals surface area (Å²) >= 11 is 0. The van der Waals surface area contributed by atoms with Gasteiger partial charge in [-0.3, -0.25) is 0 Å². The van der Waals surface area contributed by atoms with Gasteiger partial charge in [0.15, 0.2) is 6.04 Å². The Bertz CT molecular complexity index is 422. The highest BCUT2D eigenvalue weighted by Crippen LogP contribution is 2.21. The van der Waals surface area contributed by atoms with Crippen molar-refractivity contribution in [1.29, 1.82) is 0 Å². The molecule has 0 amide bonds. The lowest BCUT2D eigenvalue weighted by Gasteiger charge is -2.35. The molecule has 1 atom stereocenters. The summed E-state index contributed by atoms with van der Waals surface area (Å²) < 4.78 is 0. The summed E-state index contributed by atoms with van der Waals surface area (Å²) in [6.07, 6.45) is 0. The van der Waals surface area contributed by atoms with Gasteiger partial charge in [-0.05, 0) is 12.5 Å². The van der Waals surface area contributed by atoms with E-state index in [0.29, 0.717) is 0 Å². The third-order valence-corrected chi connectivity index (χ3v) is 4.77. The Balaban J connectivity index is 1.87. The normalized spacial score (nSPS) is 32.0. The van der Waals surface area contributed by atoms with Crippen LogP contribution in [0.25, 0.3) is 0 Å². The number of nitrogens with one attached hydrogen (secondary N) is 2. The molecule has 1 aromatic rings. The quantitative estimate of drug-likeness (QED) is 0.491. The summed E-state index contributed by atoms with van der Waals surface area (Å²) in [5, 5.41) is 2.49. The van der Waals surface area contributed by atoms with E-state index >= 15 is 0 Å². The standard InChI is InChI=1S/C15H23N3/c1-12-4-3-5-13-10-16-11-14(15(12)13)18-8-6-17(2)7-9-18/h3-5,14,16H,6-11H2,1-2H3/p+3/t14-/m1/s1. The molecule has 3 rings (SSSR count). The molecule has 2 aliphatic heterocycles. The van der Waals surface area contributed by atoms with Gasteiger partial charge in [0.05, 0.1) is 7.05 Å². The van der Waals surface area contributed by atoms with Crippen molar-refractivity contribution in [2.45, 2.75) is 19.5 Å². The Morgan fingerprint density at radius 1 is 1.17 bits per heavy atom. The molecule has 98 valence electrons. The zero-order chi connectivity index (χ0) is 12.5. The Kier molecular flexibility index (Phi) is 3.37. The van der Waals surface area contributed by atoms with Gasteiger partial charge in [-0.2, -0.15) is 0 Å². The van der Waals surface area contributed by atoms with E-state index in [9.17, 15) is 0 Å². The number of piperazine rings is 1. The minimum absolute atomic E-state index is 0.725. The lowest BCUT2D eigenvalue weighted by atomic mass is 9.91. The predicted octanol–water partition coefficient (Wildman–Crippen LogP) is -2.47. The van der Waals surface area contributed by atoms with Crippen molar-refractivity contribution < 1.29 is 15.1 Å². The highest BCUT2D eigenvalue weighted by atomic mass is 15.3. The van der Waals surface area contributed by atoms with Crippen molar-refractivity contribution in [3.05, 3.63) is 34.9 Å². The van der Waals surface area contributed by atoms with Crippen LogP contribution < -0.4 is 15.1 Å². The maximum atomic E-state index is 2.49. The van der Waals surface area contributed by atoms with Crippen LogP contribution in [-0.4, -0.2) is 39.8 Å². The molecule has 1 aromatic carbocycles. The van der Waals surface area contributed by atoms with Gasteiger partial charge < -0.3 is 15.1 Å². The fraction of sp³-hybridized carbons (Fsp3) is 0.600. The second-order valence-electron chi connectivity index (χ2n) is 6.04. The summed E-state index contributed by atoms with van der Waals surface area (Å²) in [6, 6.07) is 7.56. The molecule has 0 aromatic heterocycles. The summed E-state index contributed by atoms with van der Waals surface area (Å²) in [7, 11) is 2.32. The van der Waals surface area contributed by atoms with Crippen molar-refractivity contribution in [3.63, 3.8) is 0 Å². The number of hydrogen-bond donors (Lipinski definition) is 3. The molecule has 4 N–H and O–H groups in total. The monoisotopic (exact) mass is 248 g/mol. The fourth-order valence-corrected chi connectivity index (χ4v) is 3.66. The zero-order valence-electron chi connectivity index (χ0n) is 11.6. The van der Waals surface area contributed by atoms with Crippen LogP contribution in [0.2, 0.25) is 0 Å². The highest BCUT2D eigenvalue weighted by Gasteiger charge is 2.35. The van der Waals surface area contributed by atoms with E-state index in [1.54, 1.807) is 16.0 Å². The molecule has 1 fully saturated rings. The summed E-state index contributed by atoms with van der Waals surface area (Å²) in [4.78, 5) is 3.51. The average molecular weight is 248 g/mol. The van der Waals surface area contributed by atoms with Gasteiger partial charge in [-0.15, -0.1) is 0 Å². The summed E-state index contributed by atoms with van der Waals surface area (Å²) in [5.74, 6) is 0. The van der Waals surface area contributed by atoms with E-state index in [1.807, 2.05) is 4.90 Å². The molecule has 0 radical (unpaired) electrons. The number of aryl methyl sites for hydroxylation is 1. The molecule has 2 heterocycles. The van der Waals surface area contributed by atoms with E-state index in [2.05, 4.69) is 37.5 Å². The number of quaternary nitrogens is 3. The summed E-state index contributed by atoms with van der Waals surface area (Å²) in [5.41, 5.74) is 4.74. The number of nitrogens with two attached hydrogens (primary N) is 1. The van der Waals surface area contributed by atoms with Crippen LogP contribution in [0.5, 0.6) is 0 Å². The first-order chi connectivity index (χ1) is 8.75. The molecule has 0 bridgehead atoms. The maximum absolute atomic E-state index is 2.49. The Morgan fingerprint density at radius 3 is 2.72 bits per heavy atom. The van der Waals surface area contributed by atoms with Crippen molar-refractivity contribution >= 4 is 0 Å². The number of rotatable bonds is 1. The Labute approximate surface area is 110 Å².